The van der Waals surface area contributed by atoms with Gasteiger partial charge in [-0.3, -0.25) is 4.79 Å². The molecule has 2 N–H and O–H groups in total. The summed E-state index contributed by atoms with van der Waals surface area (Å²) in [5, 5.41) is 11.6. The molecule has 4 rings (SSSR count). The highest BCUT2D eigenvalue weighted by molar-refractivity contribution is 5.79. The molecule has 1 saturated heterocycles. The number of alkyl carbamates (subject to hydrolysis) is 1. The van der Waals surface area contributed by atoms with Crippen LogP contribution < -0.4 is 5.32 Å². The lowest BCUT2D eigenvalue weighted by Crippen LogP contribution is -2.63. The summed E-state index contributed by atoms with van der Waals surface area (Å²) < 4.78 is 11.0. The molecule has 35 heavy (non-hydrogen) atoms. The van der Waals surface area contributed by atoms with Gasteiger partial charge in [0.2, 0.25) is 5.91 Å². The van der Waals surface area contributed by atoms with Crippen molar-refractivity contribution in [1.82, 2.24) is 10.2 Å². The highest BCUT2D eigenvalue weighted by atomic mass is 16.5. The zero-order valence-electron chi connectivity index (χ0n) is 20.4. The minimum absolute atomic E-state index is 0.0121. The zero-order chi connectivity index (χ0) is 25.2. The molecule has 0 atom stereocenters. The second-order valence-corrected chi connectivity index (χ2v) is 10.2. The third kappa shape index (κ3) is 5.65. The number of amides is 2. The number of fused-ring (bicyclic) bond motifs is 3. The largest absolute Gasteiger partial charge is 0.480 e. The van der Waals surface area contributed by atoms with Crippen molar-refractivity contribution in [3.05, 3.63) is 59.7 Å². The van der Waals surface area contributed by atoms with E-state index in [4.69, 9.17) is 14.6 Å². The fraction of sp³-hybridized carbons (Fsp3) is 0.444. The van der Waals surface area contributed by atoms with Gasteiger partial charge < -0.3 is 24.8 Å². The molecule has 2 aliphatic rings. The predicted octanol–water partition coefficient (Wildman–Crippen LogP) is 3.79. The second kappa shape index (κ2) is 9.70. The van der Waals surface area contributed by atoms with E-state index in [0.29, 0.717) is 19.5 Å². The highest BCUT2D eigenvalue weighted by Crippen LogP contribution is 2.44. The van der Waals surface area contributed by atoms with Gasteiger partial charge in [0.25, 0.3) is 0 Å². The Kier molecular flexibility index (Phi) is 6.85. The predicted molar refractivity (Wildman–Crippen MR) is 130 cm³/mol. The third-order valence-electron chi connectivity index (χ3n) is 6.70. The number of likely N-dealkylation sites (tertiary alicyclic amines) is 1. The van der Waals surface area contributed by atoms with Crippen LogP contribution in [0.4, 0.5) is 4.79 Å². The van der Waals surface area contributed by atoms with Gasteiger partial charge >= 0.3 is 12.1 Å². The van der Waals surface area contributed by atoms with E-state index in [1.54, 1.807) is 11.8 Å². The summed E-state index contributed by atoms with van der Waals surface area (Å²) in [6, 6.07) is 16.3. The van der Waals surface area contributed by atoms with E-state index in [0.717, 1.165) is 11.1 Å². The van der Waals surface area contributed by atoms with Crippen LogP contribution in [0.15, 0.2) is 48.5 Å². The van der Waals surface area contributed by atoms with E-state index in [1.807, 2.05) is 38.1 Å². The molecule has 0 bridgehead atoms. The number of aliphatic carboxylic acids is 1. The SMILES string of the molecule is CC(C)(CCC(=O)N1CC(C)(OCC(=O)O)C1)NC(=O)OCC1c2ccccc2-c2ccccc21. The Morgan fingerprint density at radius 2 is 1.63 bits per heavy atom. The molecular weight excluding hydrogens is 448 g/mol. The van der Waals surface area contributed by atoms with Crippen molar-refractivity contribution in [2.24, 2.45) is 0 Å². The Morgan fingerprint density at radius 1 is 1.06 bits per heavy atom. The molecule has 2 aromatic rings. The molecule has 8 nitrogen and oxygen atoms in total. The van der Waals surface area contributed by atoms with E-state index >= 15 is 0 Å². The van der Waals surface area contributed by atoms with Crippen LogP contribution in [-0.4, -0.2) is 65.4 Å². The van der Waals surface area contributed by atoms with Crippen molar-refractivity contribution in [3.8, 4) is 11.1 Å². The molecule has 2 aromatic carbocycles. The number of rotatable bonds is 9. The first-order valence-corrected chi connectivity index (χ1v) is 11.8. The van der Waals surface area contributed by atoms with Gasteiger partial charge in [0.1, 0.15) is 18.8 Å². The van der Waals surface area contributed by atoms with Crippen molar-refractivity contribution < 1.29 is 29.0 Å². The molecule has 186 valence electrons. The van der Waals surface area contributed by atoms with Gasteiger partial charge in [-0.05, 0) is 49.4 Å². The first-order valence-electron chi connectivity index (χ1n) is 11.8. The number of ether oxygens (including phenoxy) is 2. The van der Waals surface area contributed by atoms with Crippen LogP contribution in [-0.2, 0) is 19.1 Å². The van der Waals surface area contributed by atoms with Gasteiger partial charge in [-0.1, -0.05) is 48.5 Å². The summed E-state index contributed by atoms with van der Waals surface area (Å²) in [6.07, 6.45) is 0.188. The van der Waals surface area contributed by atoms with Crippen LogP contribution in [0, 0.1) is 0 Å². The van der Waals surface area contributed by atoms with Crippen LogP contribution in [0.3, 0.4) is 0 Å². The number of hydrogen-bond acceptors (Lipinski definition) is 5. The van der Waals surface area contributed by atoms with Crippen LogP contribution in [0.2, 0.25) is 0 Å². The third-order valence-corrected chi connectivity index (χ3v) is 6.70. The van der Waals surface area contributed by atoms with Gasteiger partial charge in [-0.2, -0.15) is 0 Å². The van der Waals surface area contributed by atoms with E-state index in [2.05, 4.69) is 29.6 Å². The molecule has 8 heteroatoms. The molecule has 0 spiro atoms. The Balaban J connectivity index is 1.24. The Hall–Kier alpha value is -3.39. The molecule has 2 amide bonds. The minimum atomic E-state index is -1.03. The minimum Gasteiger partial charge on any atom is -0.480 e. The molecule has 0 aromatic heterocycles. The topological polar surface area (TPSA) is 105 Å². The standard InChI is InChI=1S/C27H32N2O6/c1-26(2,13-12-23(30)29-16-27(3,17-29)35-15-24(31)32)28-25(33)34-14-22-20-10-6-4-8-18(20)19-9-5-7-11-21(19)22/h4-11,22H,12-17H2,1-3H3,(H,28,33)(H,31,32). The average Bonchev–Trinajstić information content (AvgIpc) is 3.11. The molecule has 0 saturated carbocycles. The maximum atomic E-state index is 12.6. The molecule has 1 aliphatic heterocycles. The molecule has 1 heterocycles. The maximum absolute atomic E-state index is 12.6. The van der Waals surface area contributed by atoms with Gasteiger partial charge in [-0.15, -0.1) is 0 Å². The van der Waals surface area contributed by atoms with Crippen molar-refractivity contribution in [2.75, 3.05) is 26.3 Å². The summed E-state index contributed by atoms with van der Waals surface area (Å²) in [6.45, 7) is 6.09. The Labute approximate surface area is 205 Å². The van der Waals surface area contributed by atoms with Crippen LogP contribution in [0.1, 0.15) is 50.7 Å². The zero-order valence-corrected chi connectivity index (χ0v) is 20.4. The fourth-order valence-corrected chi connectivity index (χ4v) is 4.82. The number of hydrogen-bond donors (Lipinski definition) is 2. The summed E-state index contributed by atoms with van der Waals surface area (Å²) in [4.78, 5) is 37.5. The van der Waals surface area contributed by atoms with Crippen molar-refractivity contribution >= 4 is 18.0 Å². The molecular formula is C27H32N2O6. The molecule has 1 aliphatic carbocycles. The maximum Gasteiger partial charge on any atom is 0.407 e. The van der Waals surface area contributed by atoms with E-state index < -0.39 is 23.2 Å². The Morgan fingerprint density at radius 3 is 2.20 bits per heavy atom. The monoisotopic (exact) mass is 480 g/mol. The fourth-order valence-electron chi connectivity index (χ4n) is 4.82. The van der Waals surface area contributed by atoms with Gasteiger partial charge in [-0.25, -0.2) is 9.59 Å². The molecule has 1 fully saturated rings. The lowest BCUT2D eigenvalue weighted by Gasteiger charge is -2.47. The summed E-state index contributed by atoms with van der Waals surface area (Å²) >= 11 is 0. The first-order chi connectivity index (χ1) is 16.6. The quantitative estimate of drug-likeness (QED) is 0.566. The second-order valence-electron chi connectivity index (χ2n) is 10.2. The highest BCUT2D eigenvalue weighted by Gasteiger charge is 2.42. The van der Waals surface area contributed by atoms with E-state index in [9.17, 15) is 14.4 Å². The number of nitrogens with zero attached hydrogens (tertiary/aromatic N) is 1. The number of benzene rings is 2. The number of carbonyl (C=O) groups is 3. The lowest BCUT2D eigenvalue weighted by atomic mass is 9.93. The van der Waals surface area contributed by atoms with Crippen LogP contribution >= 0.6 is 0 Å². The molecule has 0 unspecified atom stereocenters. The lowest BCUT2D eigenvalue weighted by molar-refractivity contribution is -0.173. The van der Waals surface area contributed by atoms with Crippen molar-refractivity contribution in [3.63, 3.8) is 0 Å². The number of carboxylic acid groups (broad SMARTS) is 1. The Bertz CT molecular complexity index is 1080. The number of nitrogens with one attached hydrogen (secondary N) is 1. The van der Waals surface area contributed by atoms with E-state index in [1.165, 1.54) is 11.1 Å². The normalized spacial score (nSPS) is 16.1. The summed E-state index contributed by atoms with van der Waals surface area (Å²) in [5.41, 5.74) is 3.40. The van der Waals surface area contributed by atoms with Crippen molar-refractivity contribution in [1.29, 1.82) is 0 Å². The van der Waals surface area contributed by atoms with Gasteiger partial charge in [0.15, 0.2) is 0 Å². The van der Waals surface area contributed by atoms with Gasteiger partial charge in [0, 0.05) is 17.9 Å². The smallest absolute Gasteiger partial charge is 0.407 e. The van der Waals surface area contributed by atoms with Gasteiger partial charge in [0.05, 0.1) is 13.1 Å². The van der Waals surface area contributed by atoms with Crippen molar-refractivity contribution in [2.45, 2.75) is 50.7 Å². The van der Waals surface area contributed by atoms with Crippen LogP contribution in [0.25, 0.3) is 11.1 Å². The van der Waals surface area contributed by atoms with Crippen LogP contribution in [0.5, 0.6) is 0 Å². The van der Waals surface area contributed by atoms with E-state index in [-0.39, 0.29) is 31.5 Å². The average molecular weight is 481 g/mol. The number of carbonyl (C=O) groups excluding carboxylic acids is 2. The first kappa shape index (κ1) is 24.7. The number of carboxylic acids is 1. The summed E-state index contributed by atoms with van der Waals surface area (Å²) in [5.74, 6) is -1.09. The molecule has 0 radical (unpaired) electrons. The summed E-state index contributed by atoms with van der Waals surface area (Å²) in [7, 11) is 0.